The van der Waals surface area contributed by atoms with E-state index in [4.69, 9.17) is 26.9 Å². The number of hydrogen-bond acceptors (Lipinski definition) is 6. The highest BCUT2D eigenvalue weighted by molar-refractivity contribution is 7.80. The summed E-state index contributed by atoms with van der Waals surface area (Å²) in [5.41, 5.74) is 5.55. The van der Waals surface area contributed by atoms with Crippen LogP contribution in [0.25, 0.3) is 0 Å². The average molecular weight is 475 g/mol. The number of thiocarbonyl (C=S) groups is 1. The summed E-state index contributed by atoms with van der Waals surface area (Å²) in [5.74, 6) is 2.35. The number of aromatic nitrogens is 2. The lowest BCUT2D eigenvalue weighted by atomic mass is 9.99. The minimum Gasteiger partial charge on any atom is -0.383 e. The molecule has 2 aliphatic heterocycles. The first kappa shape index (κ1) is 22.6. The Balaban J connectivity index is 1.42. The molecule has 0 unspecified atom stereocenters. The number of ether oxygens (including phenoxy) is 1. The van der Waals surface area contributed by atoms with Gasteiger partial charge in [0.05, 0.1) is 6.61 Å². The fraction of sp³-hybridized carbons (Fsp3) is 0.346. The summed E-state index contributed by atoms with van der Waals surface area (Å²) in [6.45, 7) is 4.73. The van der Waals surface area contributed by atoms with Gasteiger partial charge in [-0.1, -0.05) is 48.5 Å². The number of anilines is 3. The van der Waals surface area contributed by atoms with Crippen molar-refractivity contribution in [2.75, 3.05) is 48.5 Å². The Morgan fingerprint density at radius 1 is 0.882 bits per heavy atom. The molecule has 0 amide bonds. The first-order valence-electron chi connectivity index (χ1n) is 11.8. The number of nitrogens with zero attached hydrogens (tertiary/aromatic N) is 4. The van der Waals surface area contributed by atoms with E-state index in [-0.39, 0.29) is 0 Å². The first-order valence-corrected chi connectivity index (χ1v) is 12.2. The van der Waals surface area contributed by atoms with E-state index in [2.05, 4.69) is 75.0 Å². The van der Waals surface area contributed by atoms with Gasteiger partial charge in [0.1, 0.15) is 11.6 Å². The largest absolute Gasteiger partial charge is 0.383 e. The molecule has 0 radical (unpaired) electrons. The first-order chi connectivity index (χ1) is 16.7. The highest BCUT2D eigenvalue weighted by Crippen LogP contribution is 2.29. The topological polar surface area (TPSA) is 65.6 Å². The minimum atomic E-state index is 0.494. The highest BCUT2D eigenvalue weighted by atomic mass is 32.1. The van der Waals surface area contributed by atoms with Crippen molar-refractivity contribution in [2.45, 2.75) is 25.9 Å². The molecule has 7 nitrogen and oxygen atoms in total. The predicted molar refractivity (Wildman–Crippen MR) is 141 cm³/mol. The minimum absolute atomic E-state index is 0.494. The Hall–Kier alpha value is -3.23. The molecular weight excluding hydrogens is 444 g/mol. The second kappa shape index (κ2) is 10.4. The third-order valence-electron chi connectivity index (χ3n) is 6.43. The zero-order valence-corrected chi connectivity index (χ0v) is 20.3. The van der Waals surface area contributed by atoms with E-state index < -0.39 is 0 Å². The number of rotatable bonds is 6. The Labute approximate surface area is 206 Å². The Morgan fingerprint density at radius 2 is 1.41 bits per heavy atom. The Bertz CT molecular complexity index is 1090. The summed E-state index contributed by atoms with van der Waals surface area (Å²) in [6.07, 6.45) is 2.01. The van der Waals surface area contributed by atoms with Gasteiger partial charge in [-0.15, -0.1) is 0 Å². The van der Waals surface area contributed by atoms with Crippen molar-refractivity contribution < 1.29 is 4.74 Å². The van der Waals surface area contributed by atoms with Gasteiger partial charge in [0.25, 0.3) is 0 Å². The van der Waals surface area contributed by atoms with Crippen molar-refractivity contribution in [3.63, 3.8) is 0 Å². The van der Waals surface area contributed by atoms with Crippen molar-refractivity contribution in [3.05, 3.63) is 76.9 Å². The van der Waals surface area contributed by atoms with E-state index in [1.807, 2.05) is 0 Å². The van der Waals surface area contributed by atoms with Crippen LogP contribution in [0.2, 0.25) is 0 Å². The number of fused-ring (bicyclic) bond motifs is 2. The molecule has 5 rings (SSSR count). The lowest BCUT2D eigenvalue weighted by molar-refractivity contribution is 0.204. The van der Waals surface area contributed by atoms with Crippen LogP contribution in [0, 0.1) is 0 Å². The maximum Gasteiger partial charge on any atom is 0.232 e. The molecule has 0 spiro atoms. The number of nitrogens with one attached hydrogen (secondary N) is 2. The van der Waals surface area contributed by atoms with Gasteiger partial charge in [-0.3, -0.25) is 0 Å². The van der Waals surface area contributed by atoms with Crippen LogP contribution in [0.5, 0.6) is 0 Å². The van der Waals surface area contributed by atoms with Crippen LogP contribution in [0.4, 0.5) is 17.6 Å². The standard InChI is InChI=1S/C26H30N6OS/c1-33-15-12-27-26(34)30-25-28-23(31-13-10-19-6-2-4-8-21(19)17-31)16-24(29-25)32-14-11-20-7-3-5-9-22(20)18-32/h2-9,16H,10-15,17-18H2,1H3,(H2,27,28,29,30,34). The second-order valence-corrected chi connectivity index (χ2v) is 9.07. The van der Waals surface area contributed by atoms with Crippen LogP contribution in [0.15, 0.2) is 54.6 Å². The summed E-state index contributed by atoms with van der Waals surface area (Å²) in [4.78, 5) is 14.4. The maximum atomic E-state index is 5.47. The molecule has 2 N–H and O–H groups in total. The smallest absolute Gasteiger partial charge is 0.232 e. The molecule has 8 heteroatoms. The molecule has 0 fully saturated rings. The van der Waals surface area contributed by atoms with Gasteiger partial charge in [0.2, 0.25) is 5.95 Å². The maximum absolute atomic E-state index is 5.47. The van der Waals surface area contributed by atoms with E-state index >= 15 is 0 Å². The molecule has 176 valence electrons. The van der Waals surface area contributed by atoms with Crippen LogP contribution >= 0.6 is 12.2 Å². The second-order valence-electron chi connectivity index (χ2n) is 8.66. The number of hydrogen-bond donors (Lipinski definition) is 2. The van der Waals surface area contributed by atoms with Gasteiger partial charge in [0.15, 0.2) is 5.11 Å². The number of benzene rings is 2. The molecule has 3 heterocycles. The van der Waals surface area contributed by atoms with Crippen molar-refractivity contribution in [3.8, 4) is 0 Å². The van der Waals surface area contributed by atoms with Gasteiger partial charge >= 0.3 is 0 Å². The van der Waals surface area contributed by atoms with Crippen molar-refractivity contribution >= 4 is 34.9 Å². The van der Waals surface area contributed by atoms with Gasteiger partial charge in [-0.05, 0) is 47.3 Å². The predicted octanol–water partition coefficient (Wildman–Crippen LogP) is 3.53. The van der Waals surface area contributed by atoms with E-state index in [0.29, 0.717) is 24.2 Å². The molecule has 2 aliphatic rings. The highest BCUT2D eigenvalue weighted by Gasteiger charge is 2.22. The van der Waals surface area contributed by atoms with E-state index in [1.165, 1.54) is 22.3 Å². The molecule has 0 bridgehead atoms. The van der Waals surface area contributed by atoms with Crippen molar-refractivity contribution in [1.29, 1.82) is 0 Å². The molecule has 0 saturated carbocycles. The van der Waals surface area contributed by atoms with Crippen LogP contribution in [0.3, 0.4) is 0 Å². The third kappa shape index (κ3) is 5.13. The molecular formula is C26H30N6OS. The molecule has 3 aromatic rings. The lowest BCUT2D eigenvalue weighted by Crippen LogP contribution is -2.35. The lowest BCUT2D eigenvalue weighted by Gasteiger charge is -2.33. The summed E-state index contributed by atoms with van der Waals surface area (Å²) in [6, 6.07) is 19.4. The van der Waals surface area contributed by atoms with Gasteiger partial charge in [-0.2, -0.15) is 9.97 Å². The van der Waals surface area contributed by atoms with Crippen LogP contribution < -0.4 is 20.4 Å². The van der Waals surface area contributed by atoms with Crippen LogP contribution in [0.1, 0.15) is 22.3 Å². The summed E-state index contributed by atoms with van der Waals surface area (Å²) >= 11 is 5.47. The normalized spacial score (nSPS) is 14.9. The van der Waals surface area contributed by atoms with E-state index in [1.54, 1.807) is 7.11 Å². The van der Waals surface area contributed by atoms with Crippen LogP contribution in [-0.4, -0.2) is 48.4 Å². The monoisotopic (exact) mass is 474 g/mol. The molecule has 0 saturated heterocycles. The van der Waals surface area contributed by atoms with Gasteiger partial charge < -0.3 is 25.2 Å². The number of methoxy groups -OCH3 is 1. The molecule has 34 heavy (non-hydrogen) atoms. The molecule has 1 aromatic heterocycles. The molecule has 0 atom stereocenters. The average Bonchev–Trinajstić information content (AvgIpc) is 2.88. The van der Waals surface area contributed by atoms with Crippen molar-refractivity contribution in [1.82, 2.24) is 15.3 Å². The zero-order chi connectivity index (χ0) is 23.3. The van der Waals surface area contributed by atoms with Gasteiger partial charge in [0, 0.05) is 45.9 Å². The SMILES string of the molecule is COCCNC(=S)Nc1nc(N2CCc3ccccc3C2)cc(N2CCc3ccccc3C2)n1. The zero-order valence-electron chi connectivity index (χ0n) is 19.5. The quantitative estimate of drug-likeness (QED) is 0.416. The fourth-order valence-corrected chi connectivity index (χ4v) is 4.79. The van der Waals surface area contributed by atoms with Crippen molar-refractivity contribution in [2.24, 2.45) is 0 Å². The van der Waals surface area contributed by atoms with Crippen LogP contribution in [-0.2, 0) is 30.7 Å². The summed E-state index contributed by atoms with van der Waals surface area (Å²) in [7, 11) is 1.67. The van der Waals surface area contributed by atoms with E-state index in [9.17, 15) is 0 Å². The van der Waals surface area contributed by atoms with E-state index in [0.717, 1.165) is 50.7 Å². The summed E-state index contributed by atoms with van der Waals surface area (Å²) < 4.78 is 5.10. The molecule has 2 aromatic carbocycles. The van der Waals surface area contributed by atoms with Gasteiger partial charge in [-0.25, -0.2) is 0 Å². The Kier molecular flexibility index (Phi) is 6.87. The Morgan fingerprint density at radius 3 is 1.94 bits per heavy atom. The summed E-state index contributed by atoms with van der Waals surface area (Å²) in [5, 5.41) is 6.83. The fourth-order valence-electron chi connectivity index (χ4n) is 4.60. The third-order valence-corrected chi connectivity index (χ3v) is 6.67. The molecule has 0 aliphatic carbocycles.